The lowest BCUT2D eigenvalue weighted by atomic mass is 9.83. The van der Waals surface area contributed by atoms with E-state index in [0.717, 1.165) is 41.9 Å². The summed E-state index contributed by atoms with van der Waals surface area (Å²) in [5.74, 6) is 1.55. The van der Waals surface area contributed by atoms with Gasteiger partial charge in [0.15, 0.2) is 0 Å². The van der Waals surface area contributed by atoms with Gasteiger partial charge in [0.1, 0.15) is 17.1 Å². The molecule has 1 atom stereocenters. The highest BCUT2D eigenvalue weighted by Gasteiger charge is 2.39. The van der Waals surface area contributed by atoms with E-state index in [1.165, 1.54) is 0 Å². The normalized spacial score (nSPS) is 17.2. The number of ether oxygens (including phenoxy) is 2. The van der Waals surface area contributed by atoms with Crippen molar-refractivity contribution in [3.05, 3.63) is 71.8 Å². The van der Waals surface area contributed by atoms with Crippen LogP contribution in [0.4, 0.5) is 0 Å². The van der Waals surface area contributed by atoms with Crippen LogP contribution in [0.25, 0.3) is 0 Å². The highest BCUT2D eigenvalue weighted by Crippen LogP contribution is 2.42. The van der Waals surface area contributed by atoms with Gasteiger partial charge in [0.25, 0.3) is 5.91 Å². The summed E-state index contributed by atoms with van der Waals surface area (Å²) in [6.45, 7) is 8.07. The first-order valence-corrected chi connectivity index (χ1v) is 9.92. The molecule has 0 bridgehead atoms. The van der Waals surface area contributed by atoms with E-state index in [-0.39, 0.29) is 17.6 Å². The molecule has 0 aliphatic carbocycles. The summed E-state index contributed by atoms with van der Waals surface area (Å²) in [4.78, 5) is 13.0. The predicted molar refractivity (Wildman–Crippen MR) is 112 cm³/mol. The number of rotatable bonds is 7. The molecule has 1 aliphatic rings. The number of carbonyl (C=O) groups excluding carboxylic acids is 1. The molecule has 0 unspecified atom stereocenters. The fourth-order valence-electron chi connectivity index (χ4n) is 3.91. The lowest BCUT2D eigenvalue weighted by Gasteiger charge is -2.41. The summed E-state index contributed by atoms with van der Waals surface area (Å²) in [6, 6.07) is 13.4. The van der Waals surface area contributed by atoms with E-state index in [2.05, 4.69) is 25.7 Å². The standard InChI is InChI=1S/C24H29NO3/c1-5-10-17-15-18(13-14-21(17)27-4)23(26)25-20-16-24(6-2,7-3)28-22-12-9-8-11-19(20)22/h5,8-9,11-15,20H,1,6-7,10,16H2,2-4H3,(H,25,26)/t20-/m1/s1. The van der Waals surface area contributed by atoms with Crippen LogP contribution in [-0.2, 0) is 6.42 Å². The van der Waals surface area contributed by atoms with Gasteiger partial charge in [0.2, 0.25) is 0 Å². The Labute approximate surface area is 167 Å². The van der Waals surface area contributed by atoms with Crippen molar-refractivity contribution in [2.75, 3.05) is 7.11 Å². The zero-order valence-electron chi connectivity index (χ0n) is 17.0. The Morgan fingerprint density at radius 2 is 2.04 bits per heavy atom. The van der Waals surface area contributed by atoms with E-state index in [1.807, 2.05) is 42.5 Å². The third kappa shape index (κ3) is 3.91. The van der Waals surface area contributed by atoms with Crippen molar-refractivity contribution in [2.24, 2.45) is 0 Å². The molecule has 148 valence electrons. The lowest BCUT2D eigenvalue weighted by molar-refractivity contribution is 0.0227. The van der Waals surface area contributed by atoms with Crippen molar-refractivity contribution < 1.29 is 14.3 Å². The summed E-state index contributed by atoms with van der Waals surface area (Å²) < 4.78 is 11.7. The minimum atomic E-state index is -0.250. The minimum Gasteiger partial charge on any atom is -0.496 e. The first-order chi connectivity index (χ1) is 13.6. The number of benzene rings is 2. The van der Waals surface area contributed by atoms with Crippen molar-refractivity contribution in [3.63, 3.8) is 0 Å². The van der Waals surface area contributed by atoms with Gasteiger partial charge < -0.3 is 14.8 Å². The van der Waals surface area contributed by atoms with Crippen LogP contribution < -0.4 is 14.8 Å². The van der Waals surface area contributed by atoms with Gasteiger partial charge in [0.05, 0.1) is 13.2 Å². The van der Waals surface area contributed by atoms with E-state index >= 15 is 0 Å². The Hall–Kier alpha value is -2.75. The maximum absolute atomic E-state index is 13.0. The third-order valence-electron chi connectivity index (χ3n) is 5.70. The summed E-state index contributed by atoms with van der Waals surface area (Å²) >= 11 is 0. The highest BCUT2D eigenvalue weighted by atomic mass is 16.5. The average Bonchev–Trinajstić information content (AvgIpc) is 2.73. The van der Waals surface area contributed by atoms with Gasteiger partial charge >= 0.3 is 0 Å². The van der Waals surface area contributed by atoms with Gasteiger partial charge in [-0.05, 0) is 49.1 Å². The fourth-order valence-corrected chi connectivity index (χ4v) is 3.91. The van der Waals surface area contributed by atoms with E-state index < -0.39 is 0 Å². The number of hydrogen-bond acceptors (Lipinski definition) is 3. The van der Waals surface area contributed by atoms with Gasteiger partial charge in [-0.3, -0.25) is 4.79 Å². The van der Waals surface area contributed by atoms with Crippen LogP contribution in [0.15, 0.2) is 55.1 Å². The Bertz CT molecular complexity index is 855. The number of methoxy groups -OCH3 is 1. The molecule has 1 N–H and O–H groups in total. The average molecular weight is 380 g/mol. The molecular weight excluding hydrogens is 350 g/mol. The maximum atomic E-state index is 13.0. The maximum Gasteiger partial charge on any atom is 0.251 e. The number of hydrogen-bond donors (Lipinski definition) is 1. The molecule has 1 amide bonds. The topological polar surface area (TPSA) is 47.6 Å². The van der Waals surface area contributed by atoms with Crippen molar-refractivity contribution in [2.45, 2.75) is 51.2 Å². The number of allylic oxidation sites excluding steroid dienone is 1. The van der Waals surface area contributed by atoms with E-state index in [1.54, 1.807) is 13.2 Å². The number of carbonyl (C=O) groups is 1. The van der Waals surface area contributed by atoms with Crippen LogP contribution >= 0.6 is 0 Å². The van der Waals surface area contributed by atoms with Crippen molar-refractivity contribution >= 4 is 5.91 Å². The number of fused-ring (bicyclic) bond motifs is 1. The number of amides is 1. The number of para-hydroxylation sites is 1. The van der Waals surface area contributed by atoms with Crippen LogP contribution in [0.1, 0.15) is 60.6 Å². The Morgan fingerprint density at radius 1 is 1.29 bits per heavy atom. The highest BCUT2D eigenvalue weighted by molar-refractivity contribution is 5.95. The molecule has 1 aliphatic heterocycles. The molecule has 0 spiro atoms. The van der Waals surface area contributed by atoms with E-state index in [4.69, 9.17) is 9.47 Å². The molecule has 0 aromatic heterocycles. The first-order valence-electron chi connectivity index (χ1n) is 9.92. The molecule has 0 fully saturated rings. The molecule has 0 saturated heterocycles. The summed E-state index contributed by atoms with van der Waals surface area (Å²) in [7, 11) is 1.63. The van der Waals surface area contributed by atoms with Gasteiger partial charge in [-0.1, -0.05) is 38.1 Å². The molecular formula is C24H29NO3. The Kier molecular flexibility index (Phi) is 6.08. The van der Waals surface area contributed by atoms with Crippen molar-refractivity contribution in [1.29, 1.82) is 0 Å². The summed E-state index contributed by atoms with van der Waals surface area (Å²) in [6.07, 6.45) is 5.02. The molecule has 4 heteroatoms. The second-order valence-electron chi connectivity index (χ2n) is 7.28. The number of nitrogens with one attached hydrogen (secondary N) is 1. The van der Waals surface area contributed by atoms with Crippen LogP contribution in [-0.4, -0.2) is 18.6 Å². The monoisotopic (exact) mass is 379 g/mol. The molecule has 0 saturated carbocycles. The van der Waals surface area contributed by atoms with Crippen LogP contribution in [0.3, 0.4) is 0 Å². The lowest BCUT2D eigenvalue weighted by Crippen LogP contribution is -2.44. The molecule has 3 rings (SSSR count). The largest absolute Gasteiger partial charge is 0.496 e. The van der Waals surface area contributed by atoms with Crippen molar-refractivity contribution in [1.82, 2.24) is 5.32 Å². The van der Waals surface area contributed by atoms with Crippen LogP contribution in [0, 0.1) is 0 Å². The zero-order chi connectivity index (χ0) is 20.1. The predicted octanol–water partition coefficient (Wildman–Crippen LogP) is 5.24. The molecule has 2 aromatic carbocycles. The molecule has 2 aromatic rings. The van der Waals surface area contributed by atoms with Gasteiger partial charge in [0, 0.05) is 17.5 Å². The van der Waals surface area contributed by atoms with Crippen molar-refractivity contribution in [3.8, 4) is 11.5 Å². The Morgan fingerprint density at radius 3 is 2.71 bits per heavy atom. The third-order valence-corrected chi connectivity index (χ3v) is 5.70. The smallest absolute Gasteiger partial charge is 0.251 e. The van der Waals surface area contributed by atoms with E-state index in [0.29, 0.717) is 12.0 Å². The summed E-state index contributed by atoms with van der Waals surface area (Å²) in [5, 5.41) is 3.24. The van der Waals surface area contributed by atoms with Crippen LogP contribution in [0.2, 0.25) is 0 Å². The first kappa shape index (κ1) is 20.0. The Balaban J connectivity index is 1.89. The van der Waals surface area contributed by atoms with E-state index in [9.17, 15) is 4.79 Å². The molecule has 1 heterocycles. The molecule has 4 nitrogen and oxygen atoms in total. The quantitative estimate of drug-likeness (QED) is 0.670. The minimum absolute atomic E-state index is 0.0812. The second-order valence-corrected chi connectivity index (χ2v) is 7.28. The van der Waals surface area contributed by atoms with Crippen LogP contribution in [0.5, 0.6) is 11.5 Å². The van der Waals surface area contributed by atoms with Gasteiger partial charge in [-0.25, -0.2) is 0 Å². The van der Waals surface area contributed by atoms with Gasteiger partial charge in [-0.15, -0.1) is 6.58 Å². The molecule has 0 radical (unpaired) electrons. The zero-order valence-corrected chi connectivity index (χ0v) is 17.0. The summed E-state index contributed by atoms with van der Waals surface area (Å²) in [5.41, 5.74) is 2.36. The fraction of sp³-hybridized carbons (Fsp3) is 0.375. The SMILES string of the molecule is C=CCc1cc(C(=O)N[C@@H]2CC(CC)(CC)Oc3ccccc32)ccc1OC. The second kappa shape index (κ2) is 8.51. The van der Waals surface area contributed by atoms with Gasteiger partial charge in [-0.2, -0.15) is 0 Å². The molecule has 28 heavy (non-hydrogen) atoms.